The summed E-state index contributed by atoms with van der Waals surface area (Å²) in [5.74, 6) is -1.13. The Kier molecular flexibility index (Phi) is 33.3. The zero-order chi connectivity index (χ0) is 88.9. The molecule has 646 valence electrons. The zero-order valence-corrected chi connectivity index (χ0v) is 73.7. The van der Waals surface area contributed by atoms with Gasteiger partial charge >= 0.3 is 12.1 Å². The van der Waals surface area contributed by atoms with E-state index in [2.05, 4.69) is 242 Å². The minimum atomic E-state index is -0.825. The molecule has 2 unspecified atom stereocenters. The molecular formula is C94H122N23O7+9. The van der Waals surface area contributed by atoms with Crippen molar-refractivity contribution in [2.75, 3.05) is 33.9 Å². The number of carboxylic acids is 1. The normalized spacial score (nSPS) is 11.3. The predicted octanol–water partition coefficient (Wildman–Crippen LogP) is 7.04. The Labute approximate surface area is 721 Å². The number of primary amides is 1. The Morgan fingerprint density at radius 3 is 0.976 bits per heavy atom. The fraction of sp³-hybridized carbons (Fsp3) is 0.287. The summed E-state index contributed by atoms with van der Waals surface area (Å²) in [7, 11) is 21.3. The Hall–Kier alpha value is -14.2. The fourth-order valence-electron chi connectivity index (χ4n) is 14.5. The molecule has 18 rings (SSSR count). The third-order valence-corrected chi connectivity index (χ3v) is 20.9. The number of alkyl carbamates (subject to hydrolysis) is 1. The van der Waals surface area contributed by atoms with E-state index in [9.17, 15) is 19.2 Å². The molecule has 0 fully saturated rings. The summed E-state index contributed by atoms with van der Waals surface area (Å²) in [5, 5.41) is 14.1. The van der Waals surface area contributed by atoms with Crippen LogP contribution in [0.3, 0.4) is 0 Å². The van der Waals surface area contributed by atoms with Crippen molar-refractivity contribution in [3.8, 4) is 0 Å². The van der Waals surface area contributed by atoms with E-state index < -0.39 is 12.1 Å². The Morgan fingerprint density at radius 2 is 0.669 bits per heavy atom. The molecule has 0 saturated heterocycles. The molecular weight excluding hydrogens is 1560 g/mol. The number of amides is 3. The van der Waals surface area contributed by atoms with Crippen LogP contribution in [-0.4, -0.2) is 117 Å². The zero-order valence-electron chi connectivity index (χ0n) is 73.7. The number of aromatic nitrogens is 18. The third-order valence-electron chi connectivity index (χ3n) is 20.9. The van der Waals surface area contributed by atoms with Gasteiger partial charge in [0.1, 0.15) is 126 Å². The second-order valence-corrected chi connectivity index (χ2v) is 30.4. The largest absolute Gasteiger partial charge is 0.480 e. The van der Waals surface area contributed by atoms with E-state index in [1.165, 1.54) is 85.8 Å². The lowest BCUT2D eigenvalue weighted by Gasteiger charge is -2.06. The van der Waals surface area contributed by atoms with Crippen molar-refractivity contribution >= 4 is 123 Å². The number of fused-ring (bicyclic) bond motifs is 9. The van der Waals surface area contributed by atoms with Crippen molar-refractivity contribution in [3.05, 3.63) is 275 Å². The van der Waals surface area contributed by atoms with Gasteiger partial charge in [-0.2, -0.15) is 41.1 Å². The fourth-order valence-corrected chi connectivity index (χ4v) is 14.5. The van der Waals surface area contributed by atoms with Crippen LogP contribution in [0, 0.1) is 0 Å². The lowest BCUT2D eigenvalue weighted by Crippen LogP contribution is -2.28. The number of hydrogen-bond donors (Lipinski definition) is 8. The molecule has 30 nitrogen and oxygen atoms in total. The highest BCUT2D eigenvalue weighted by Gasteiger charge is 2.17. The monoisotopic (exact) mass is 1680 g/mol. The molecule has 0 radical (unpaired) electrons. The van der Waals surface area contributed by atoms with E-state index in [1.54, 1.807) is 17.9 Å². The number of aromatic amines is 2. The number of carboxylic acid groups (broad SMARTS) is 1. The first kappa shape index (κ1) is 92.1. The quantitative estimate of drug-likeness (QED) is 0.0408. The van der Waals surface area contributed by atoms with Crippen LogP contribution >= 0.6 is 0 Å². The molecule has 0 aliphatic heterocycles. The summed E-state index contributed by atoms with van der Waals surface area (Å²) in [6, 6.07) is 55.7. The number of nitrogens with one attached hydrogen (secondary N) is 4. The number of ether oxygens (including phenoxy) is 2. The number of rotatable bonds is 18. The number of carbonyl (C=O) groups is 4. The van der Waals surface area contributed by atoms with Crippen LogP contribution in [0.1, 0.15) is 27.2 Å². The minimum Gasteiger partial charge on any atom is -0.480 e. The molecule has 3 amide bonds. The molecule has 124 heavy (non-hydrogen) atoms. The van der Waals surface area contributed by atoms with Gasteiger partial charge in [-0.15, -0.1) is 0 Å². The van der Waals surface area contributed by atoms with Gasteiger partial charge < -0.3 is 84.4 Å². The smallest absolute Gasteiger partial charge is 0.406 e. The Bertz CT molecular complexity index is 6360. The third kappa shape index (κ3) is 25.0. The molecule has 11 N–H and O–H groups in total. The Morgan fingerprint density at radius 1 is 0.379 bits per heavy atom. The molecule has 0 spiro atoms. The first-order valence-electron chi connectivity index (χ1n) is 41.2. The molecule has 0 saturated carbocycles. The summed E-state index contributed by atoms with van der Waals surface area (Å²) in [6.45, 7) is 12.1. The van der Waals surface area contributed by atoms with E-state index >= 15 is 0 Å². The van der Waals surface area contributed by atoms with Gasteiger partial charge in [0.05, 0.1) is 13.7 Å². The van der Waals surface area contributed by atoms with E-state index in [-0.39, 0.29) is 37.0 Å². The number of nitrogens with two attached hydrogens (primary N) is 3. The van der Waals surface area contributed by atoms with Gasteiger partial charge in [-0.25, -0.2) is 4.79 Å². The summed E-state index contributed by atoms with van der Waals surface area (Å²) >= 11 is 0. The van der Waals surface area contributed by atoms with E-state index in [1.807, 2.05) is 199 Å². The summed E-state index contributed by atoms with van der Waals surface area (Å²) in [4.78, 5) is 49.3. The lowest BCUT2D eigenvalue weighted by molar-refractivity contribution is -0.645. The number of carbonyl (C=O) groups excluding carboxylic acids is 3. The average Bonchev–Trinajstić information content (AvgIpc) is 1.68. The number of hydrogen-bond acceptors (Lipinski definition) is 8. The summed E-state index contributed by atoms with van der Waals surface area (Å²) < 4.78 is 42.7. The summed E-state index contributed by atoms with van der Waals surface area (Å²) in [6.07, 6.45) is 36.8. The molecule has 0 aromatic carbocycles. The van der Waals surface area contributed by atoms with E-state index in [0.717, 1.165) is 73.3 Å². The number of H-pyrrole nitrogens is 2. The number of nitrogens with zero attached hydrogens (tertiary/aromatic N) is 16. The number of pyridine rings is 9. The van der Waals surface area contributed by atoms with Crippen molar-refractivity contribution in [2.45, 2.75) is 85.1 Å². The maximum absolute atomic E-state index is 10.9. The molecule has 18 aromatic rings. The Balaban J connectivity index is 0.000000146. The number of aryl methyl sites for hydroxylation is 10. The van der Waals surface area contributed by atoms with Crippen LogP contribution in [0.4, 0.5) is 4.79 Å². The highest BCUT2D eigenvalue weighted by molar-refractivity contribution is 5.80. The van der Waals surface area contributed by atoms with Gasteiger partial charge in [0.2, 0.25) is 61.5 Å². The van der Waals surface area contributed by atoms with Gasteiger partial charge in [-0.05, 0) is 74.9 Å². The van der Waals surface area contributed by atoms with Crippen LogP contribution < -0.4 is 68.9 Å². The van der Waals surface area contributed by atoms with Crippen molar-refractivity contribution < 1.29 is 74.9 Å². The van der Waals surface area contributed by atoms with Crippen molar-refractivity contribution in [3.63, 3.8) is 0 Å². The molecule has 2 atom stereocenters. The summed E-state index contributed by atoms with van der Waals surface area (Å²) in [5.41, 5.74) is 37.9. The first-order valence-corrected chi connectivity index (χ1v) is 41.2. The molecule has 18 aromatic heterocycles. The van der Waals surface area contributed by atoms with Crippen LogP contribution in [-0.2, 0) is 133 Å². The SMILES string of the molecule is CC(=O)NCCn1ccc2c1ccc[n+]2C.CC(N)CCn1ccc2c1ccc[n+]2C.CC(N)Cn1ccc2c1ccc[n+]2C.COC(=O)NCCn1ccc2c1ccc[n+]2C.COCCn1ccc2c1ccc[n+]2C.C[n+]1cccc2[nH]ccc21.C[n+]1cccc2[nH]ccc21.C[n+]1cccc2c1ccn2CC(=O)O.C[n+]1cccc2c1ccn2CC(N)=O. The van der Waals surface area contributed by atoms with Crippen LogP contribution in [0.5, 0.6) is 0 Å². The van der Waals surface area contributed by atoms with E-state index in [4.69, 9.17) is 27.0 Å². The minimum absolute atomic E-state index is 0.00745. The predicted molar refractivity (Wildman–Crippen MR) is 480 cm³/mol. The lowest BCUT2D eigenvalue weighted by atomic mass is 10.2. The standard InChI is InChI=1S/C12H15N3O2.C12H15N3O.C12H18N3.C11H16N3.C11H15N2O.C10H11N3O.C10H10N2O2.2C8H8N2/c1-14-7-3-4-11-10(14)5-8-15(11)9-6-13-12(16)17-2;1-10(16)13-6-9-15-8-5-11-12(15)4-3-7-14(11)2;1-10(13)5-8-15-9-6-11-12(15)4-3-7-14(11)2;1-9(12)8-14-7-5-10-11(14)4-3-6-13(10)2;1-12-6-3-4-11-10(12)5-7-13(11)8-9-14-2;1-12-5-2-3-9-8(12)4-6-13(9)7-10(11)14;1-11-5-2-3-9-8(11)4-6-12(9)7-10(13)14;2*1-10-6-2-3-7-8(10)4-5-9-7/h3-5,7-8H,6,9H2,1-2H3;3-5,7-8H,6,9H2,1-2H3;3-4,6-7,9-10H,5,8,13H2,1-2H3;3-7,9H,8,12H2,1-2H3;3-7H,8-9H2,1-2H3;2-6H,7H2,1H3,(H-,11,14);2-6H,7H2,1H3;2*2-6H,1H3/q;;3*+1;;;;/p+6. The molecule has 0 bridgehead atoms. The van der Waals surface area contributed by atoms with Crippen molar-refractivity contribution in [1.29, 1.82) is 0 Å². The average molecular weight is 1690 g/mol. The number of aliphatic carboxylic acids is 1. The van der Waals surface area contributed by atoms with Crippen molar-refractivity contribution in [2.24, 2.45) is 80.6 Å². The molecule has 0 aliphatic rings. The second kappa shape index (κ2) is 44.9. The van der Waals surface area contributed by atoms with Gasteiger partial charge in [0.25, 0.3) is 0 Å². The van der Waals surface area contributed by atoms with Gasteiger partial charge in [-0.3, -0.25) is 14.4 Å². The van der Waals surface area contributed by atoms with Crippen LogP contribution in [0.15, 0.2) is 275 Å². The molecule has 0 aliphatic carbocycles. The number of methoxy groups -OCH3 is 2. The van der Waals surface area contributed by atoms with E-state index in [0.29, 0.717) is 13.1 Å². The maximum atomic E-state index is 10.9. The topological polar surface area (TPSA) is 310 Å². The van der Waals surface area contributed by atoms with Gasteiger partial charge in [-0.1, -0.05) is 0 Å². The van der Waals surface area contributed by atoms with Crippen LogP contribution in [0.2, 0.25) is 0 Å². The van der Waals surface area contributed by atoms with Gasteiger partial charge in [0, 0.05) is 237 Å². The second-order valence-electron chi connectivity index (χ2n) is 30.4. The van der Waals surface area contributed by atoms with Crippen LogP contribution in [0.25, 0.3) is 99.3 Å². The molecule has 18 heterocycles. The highest BCUT2D eigenvalue weighted by Crippen LogP contribution is 2.18. The highest BCUT2D eigenvalue weighted by atomic mass is 16.5. The maximum Gasteiger partial charge on any atom is 0.406 e. The first-order chi connectivity index (χ1) is 59.7. The van der Waals surface area contributed by atoms with Gasteiger partial charge in [0.15, 0.2) is 55.8 Å². The molecule has 30 heteroatoms. The van der Waals surface area contributed by atoms with Crippen molar-refractivity contribution in [1.82, 2.24) is 52.6 Å².